The van der Waals surface area contributed by atoms with Gasteiger partial charge in [0.25, 0.3) is 0 Å². The van der Waals surface area contributed by atoms with E-state index in [9.17, 15) is 4.79 Å². The fourth-order valence-corrected chi connectivity index (χ4v) is 2.11. The molecule has 0 bridgehead atoms. The maximum absolute atomic E-state index is 11.4. The summed E-state index contributed by atoms with van der Waals surface area (Å²) in [6.45, 7) is 6.85. The Labute approximate surface area is 113 Å². The highest BCUT2D eigenvalue weighted by Crippen LogP contribution is 2.18. The first-order valence-corrected chi connectivity index (χ1v) is 6.84. The molecule has 0 unspecified atom stereocenters. The van der Waals surface area contributed by atoms with E-state index in [0.29, 0.717) is 19.0 Å². The summed E-state index contributed by atoms with van der Waals surface area (Å²) in [5, 5.41) is 2.92. The molecule has 4 heteroatoms. The molecule has 0 saturated heterocycles. The molecular formula is C15H21N3O. The van der Waals surface area contributed by atoms with E-state index in [-0.39, 0.29) is 5.91 Å². The van der Waals surface area contributed by atoms with Crippen LogP contribution in [0, 0.1) is 0 Å². The monoisotopic (exact) mass is 259 g/mol. The van der Waals surface area contributed by atoms with Gasteiger partial charge in [-0.2, -0.15) is 0 Å². The normalized spacial score (nSPS) is 11.2. The first kappa shape index (κ1) is 13.6. The SMILES string of the molecule is CCCC(=O)NCc1ccc2c(c1)ncn2C(C)C. The summed E-state index contributed by atoms with van der Waals surface area (Å²) < 4.78 is 2.15. The van der Waals surface area contributed by atoms with Gasteiger partial charge in [0.2, 0.25) is 5.91 Å². The maximum atomic E-state index is 11.4. The van der Waals surface area contributed by atoms with Crippen LogP contribution < -0.4 is 5.32 Å². The smallest absolute Gasteiger partial charge is 0.220 e. The van der Waals surface area contributed by atoms with E-state index in [1.807, 2.05) is 19.3 Å². The predicted octanol–water partition coefficient (Wildman–Crippen LogP) is 3.03. The number of rotatable bonds is 5. The Balaban J connectivity index is 2.12. The van der Waals surface area contributed by atoms with Crippen LogP contribution in [-0.4, -0.2) is 15.5 Å². The Bertz CT molecular complexity index is 572. The summed E-state index contributed by atoms with van der Waals surface area (Å²) in [7, 11) is 0. The van der Waals surface area contributed by atoms with Gasteiger partial charge in [0.15, 0.2) is 0 Å². The van der Waals surface area contributed by atoms with Crippen molar-refractivity contribution in [1.29, 1.82) is 0 Å². The van der Waals surface area contributed by atoms with Crippen LogP contribution in [0.2, 0.25) is 0 Å². The first-order valence-electron chi connectivity index (χ1n) is 6.84. The fraction of sp³-hybridized carbons (Fsp3) is 0.467. The van der Waals surface area contributed by atoms with E-state index in [1.165, 1.54) is 0 Å². The molecule has 0 fully saturated rings. The Morgan fingerprint density at radius 2 is 2.21 bits per heavy atom. The third-order valence-electron chi connectivity index (χ3n) is 3.16. The largest absolute Gasteiger partial charge is 0.352 e. The number of hydrogen-bond acceptors (Lipinski definition) is 2. The van der Waals surface area contributed by atoms with Gasteiger partial charge in [-0.3, -0.25) is 4.79 Å². The van der Waals surface area contributed by atoms with Crippen molar-refractivity contribution in [2.24, 2.45) is 0 Å². The average Bonchev–Trinajstić information content (AvgIpc) is 2.79. The van der Waals surface area contributed by atoms with Crippen LogP contribution in [-0.2, 0) is 11.3 Å². The Kier molecular flexibility index (Phi) is 4.20. The number of carbonyl (C=O) groups is 1. The molecule has 19 heavy (non-hydrogen) atoms. The van der Waals surface area contributed by atoms with E-state index in [0.717, 1.165) is 23.0 Å². The van der Waals surface area contributed by atoms with Gasteiger partial charge >= 0.3 is 0 Å². The lowest BCUT2D eigenvalue weighted by molar-refractivity contribution is -0.121. The van der Waals surface area contributed by atoms with Crippen LogP contribution in [0.5, 0.6) is 0 Å². The number of carbonyl (C=O) groups excluding carboxylic acids is 1. The zero-order valence-electron chi connectivity index (χ0n) is 11.8. The highest BCUT2D eigenvalue weighted by Gasteiger charge is 2.06. The Hall–Kier alpha value is -1.84. The van der Waals surface area contributed by atoms with Gasteiger partial charge in [-0.25, -0.2) is 4.98 Å². The number of aromatic nitrogens is 2. The summed E-state index contributed by atoms with van der Waals surface area (Å²) in [5.74, 6) is 0.107. The van der Waals surface area contributed by atoms with Crippen molar-refractivity contribution in [2.75, 3.05) is 0 Å². The van der Waals surface area contributed by atoms with E-state index in [2.05, 4.69) is 40.8 Å². The molecule has 1 aromatic heterocycles. The molecule has 4 nitrogen and oxygen atoms in total. The molecule has 0 aliphatic heterocycles. The lowest BCUT2D eigenvalue weighted by atomic mass is 10.2. The number of imidazole rings is 1. The number of amides is 1. The summed E-state index contributed by atoms with van der Waals surface area (Å²) in [5.41, 5.74) is 3.21. The fourth-order valence-electron chi connectivity index (χ4n) is 2.11. The minimum Gasteiger partial charge on any atom is -0.352 e. The molecule has 2 aromatic rings. The molecule has 1 amide bonds. The third kappa shape index (κ3) is 3.13. The van der Waals surface area contributed by atoms with Crippen molar-refractivity contribution >= 4 is 16.9 Å². The van der Waals surface area contributed by atoms with Crippen LogP contribution in [0.25, 0.3) is 11.0 Å². The van der Waals surface area contributed by atoms with E-state index >= 15 is 0 Å². The first-order chi connectivity index (χ1) is 9.11. The molecule has 0 aliphatic carbocycles. The van der Waals surface area contributed by atoms with Gasteiger partial charge < -0.3 is 9.88 Å². The highest BCUT2D eigenvalue weighted by atomic mass is 16.1. The molecule has 0 spiro atoms. The van der Waals surface area contributed by atoms with Crippen molar-refractivity contribution in [3.8, 4) is 0 Å². The van der Waals surface area contributed by atoms with Gasteiger partial charge in [0, 0.05) is 19.0 Å². The van der Waals surface area contributed by atoms with Crippen molar-refractivity contribution < 1.29 is 4.79 Å². The van der Waals surface area contributed by atoms with E-state index < -0.39 is 0 Å². The summed E-state index contributed by atoms with van der Waals surface area (Å²) in [6.07, 6.45) is 3.34. The van der Waals surface area contributed by atoms with Gasteiger partial charge in [-0.15, -0.1) is 0 Å². The molecule has 0 aliphatic rings. The zero-order valence-corrected chi connectivity index (χ0v) is 11.8. The number of benzene rings is 1. The molecule has 2 rings (SSSR count). The third-order valence-corrected chi connectivity index (χ3v) is 3.16. The minimum absolute atomic E-state index is 0.107. The standard InChI is InChI=1S/C15H21N3O/c1-4-5-15(19)16-9-12-6-7-14-13(8-12)17-10-18(14)11(2)3/h6-8,10-11H,4-5,9H2,1-3H3,(H,16,19). The number of nitrogens with one attached hydrogen (secondary N) is 1. The summed E-state index contributed by atoms with van der Waals surface area (Å²) >= 11 is 0. The van der Waals surface area contributed by atoms with Crippen LogP contribution in [0.15, 0.2) is 24.5 Å². The number of hydrogen-bond donors (Lipinski definition) is 1. The summed E-state index contributed by atoms with van der Waals surface area (Å²) in [4.78, 5) is 15.9. The van der Waals surface area contributed by atoms with Crippen LogP contribution in [0.4, 0.5) is 0 Å². The number of fused-ring (bicyclic) bond motifs is 1. The van der Waals surface area contributed by atoms with Crippen LogP contribution >= 0.6 is 0 Å². The van der Waals surface area contributed by atoms with Crippen molar-refractivity contribution in [3.05, 3.63) is 30.1 Å². The minimum atomic E-state index is 0.107. The maximum Gasteiger partial charge on any atom is 0.220 e. The lowest BCUT2D eigenvalue weighted by Crippen LogP contribution is -2.21. The van der Waals surface area contributed by atoms with Crippen LogP contribution in [0.1, 0.15) is 45.2 Å². The quantitative estimate of drug-likeness (QED) is 0.897. The molecule has 0 atom stereocenters. The van der Waals surface area contributed by atoms with Gasteiger partial charge in [0.05, 0.1) is 17.4 Å². The topological polar surface area (TPSA) is 46.9 Å². The second kappa shape index (κ2) is 5.87. The van der Waals surface area contributed by atoms with Gasteiger partial charge in [-0.05, 0) is 38.0 Å². The average molecular weight is 259 g/mol. The Morgan fingerprint density at radius 1 is 1.42 bits per heavy atom. The van der Waals surface area contributed by atoms with E-state index in [4.69, 9.17) is 0 Å². The van der Waals surface area contributed by atoms with Crippen molar-refractivity contribution in [1.82, 2.24) is 14.9 Å². The van der Waals surface area contributed by atoms with Crippen molar-refractivity contribution in [3.63, 3.8) is 0 Å². The molecule has 1 heterocycles. The molecular weight excluding hydrogens is 238 g/mol. The summed E-state index contributed by atoms with van der Waals surface area (Å²) in [6, 6.07) is 6.57. The lowest BCUT2D eigenvalue weighted by Gasteiger charge is -2.08. The second-order valence-corrected chi connectivity index (χ2v) is 5.10. The second-order valence-electron chi connectivity index (χ2n) is 5.10. The molecule has 1 aromatic carbocycles. The number of nitrogens with zero attached hydrogens (tertiary/aromatic N) is 2. The molecule has 0 radical (unpaired) electrons. The highest BCUT2D eigenvalue weighted by molar-refractivity contribution is 5.77. The molecule has 0 saturated carbocycles. The van der Waals surface area contributed by atoms with E-state index in [1.54, 1.807) is 0 Å². The Morgan fingerprint density at radius 3 is 2.89 bits per heavy atom. The van der Waals surface area contributed by atoms with Crippen LogP contribution in [0.3, 0.4) is 0 Å². The zero-order chi connectivity index (χ0) is 13.8. The molecule has 102 valence electrons. The van der Waals surface area contributed by atoms with Crippen molar-refractivity contribution in [2.45, 2.75) is 46.2 Å². The van der Waals surface area contributed by atoms with Gasteiger partial charge in [0.1, 0.15) is 0 Å². The van der Waals surface area contributed by atoms with Gasteiger partial charge in [-0.1, -0.05) is 13.0 Å². The predicted molar refractivity (Wildman–Crippen MR) is 76.9 cm³/mol. The molecule has 1 N–H and O–H groups in total.